The fraction of sp³-hybridized carbons (Fsp3) is 0.538. The molecule has 0 aromatic heterocycles. The van der Waals surface area contributed by atoms with Crippen LogP contribution in [-0.2, 0) is 0 Å². The first kappa shape index (κ1) is 12.5. The Morgan fingerprint density at radius 2 is 2.18 bits per heavy atom. The number of rotatable bonds is 2. The van der Waals surface area contributed by atoms with Crippen molar-refractivity contribution in [3.8, 4) is 0 Å². The largest absolute Gasteiger partial charge is 0.330 e. The molecule has 1 aliphatic heterocycles. The van der Waals surface area contributed by atoms with E-state index in [4.69, 9.17) is 5.73 Å². The topological polar surface area (TPSA) is 38.0 Å². The predicted octanol–water partition coefficient (Wildman–Crippen LogP) is 2.01. The molecule has 0 spiro atoms. The second kappa shape index (κ2) is 5.10. The lowest BCUT2D eigenvalue weighted by Crippen LogP contribution is -2.44. The predicted molar refractivity (Wildman–Crippen MR) is 63.7 cm³/mol. The van der Waals surface area contributed by atoms with Crippen LogP contribution in [0.5, 0.6) is 0 Å². The fourth-order valence-corrected chi connectivity index (χ4v) is 2.58. The van der Waals surface area contributed by atoms with Crippen LogP contribution in [0, 0.1) is 17.6 Å². The number of nitrogens with one attached hydrogen (secondary N) is 1. The van der Waals surface area contributed by atoms with Crippen molar-refractivity contribution >= 4 is 0 Å². The minimum Gasteiger partial charge on any atom is -0.330 e. The summed E-state index contributed by atoms with van der Waals surface area (Å²) < 4.78 is 27.0. The molecule has 3 atom stereocenters. The molecule has 1 aromatic rings. The lowest BCUT2D eigenvalue weighted by atomic mass is 9.78. The van der Waals surface area contributed by atoms with Gasteiger partial charge in [-0.05, 0) is 62.0 Å². The molecule has 4 heteroatoms. The minimum atomic E-state index is -0.386. The highest BCUT2D eigenvalue weighted by molar-refractivity contribution is 5.24. The molecule has 2 nitrogen and oxygen atoms in total. The van der Waals surface area contributed by atoms with Crippen LogP contribution in [0.2, 0.25) is 0 Å². The van der Waals surface area contributed by atoms with Gasteiger partial charge in [-0.15, -0.1) is 0 Å². The lowest BCUT2D eigenvalue weighted by molar-refractivity contribution is 0.279. The van der Waals surface area contributed by atoms with E-state index in [0.29, 0.717) is 18.2 Å². The fourth-order valence-electron chi connectivity index (χ4n) is 2.58. The summed E-state index contributed by atoms with van der Waals surface area (Å²) in [5, 5.41) is 3.32. The van der Waals surface area contributed by atoms with E-state index >= 15 is 0 Å². The van der Waals surface area contributed by atoms with Crippen molar-refractivity contribution in [3.05, 3.63) is 35.4 Å². The Hall–Kier alpha value is -1.00. The standard InChI is InChI=1S/C13H18F2N2/c1-8-4-11(9(6-16)7-17-8)12-5-10(14)2-3-13(12)15/h2-3,5,8-9,11,17H,4,6-7,16H2,1H3. The summed E-state index contributed by atoms with van der Waals surface area (Å²) in [6, 6.07) is 3.97. The molecule has 17 heavy (non-hydrogen) atoms. The molecule has 0 radical (unpaired) electrons. The van der Waals surface area contributed by atoms with E-state index in [9.17, 15) is 8.78 Å². The van der Waals surface area contributed by atoms with Crippen molar-refractivity contribution in [2.75, 3.05) is 13.1 Å². The van der Waals surface area contributed by atoms with Crippen LogP contribution in [0.25, 0.3) is 0 Å². The molecule has 2 rings (SSSR count). The van der Waals surface area contributed by atoms with Crippen molar-refractivity contribution in [1.82, 2.24) is 5.32 Å². The molecule has 3 unspecified atom stereocenters. The first-order chi connectivity index (χ1) is 8.11. The van der Waals surface area contributed by atoms with Gasteiger partial charge in [0.1, 0.15) is 11.6 Å². The number of piperidine rings is 1. The Kier molecular flexibility index (Phi) is 3.74. The van der Waals surface area contributed by atoms with Gasteiger partial charge in [0, 0.05) is 6.04 Å². The van der Waals surface area contributed by atoms with Crippen molar-refractivity contribution in [1.29, 1.82) is 0 Å². The van der Waals surface area contributed by atoms with Gasteiger partial charge in [-0.1, -0.05) is 0 Å². The third-order valence-corrected chi connectivity index (χ3v) is 3.57. The monoisotopic (exact) mass is 240 g/mol. The normalized spacial score (nSPS) is 29.3. The van der Waals surface area contributed by atoms with Crippen LogP contribution in [0.1, 0.15) is 24.8 Å². The summed E-state index contributed by atoms with van der Waals surface area (Å²) in [6.45, 7) is 3.30. The van der Waals surface area contributed by atoms with Crippen molar-refractivity contribution in [2.45, 2.75) is 25.3 Å². The van der Waals surface area contributed by atoms with Crippen LogP contribution in [0.4, 0.5) is 8.78 Å². The van der Waals surface area contributed by atoms with Crippen LogP contribution >= 0.6 is 0 Å². The summed E-state index contributed by atoms with van der Waals surface area (Å²) in [4.78, 5) is 0. The van der Waals surface area contributed by atoms with Gasteiger partial charge in [-0.3, -0.25) is 0 Å². The highest BCUT2D eigenvalue weighted by Crippen LogP contribution is 2.33. The van der Waals surface area contributed by atoms with Crippen LogP contribution in [-0.4, -0.2) is 19.1 Å². The maximum atomic E-state index is 13.8. The zero-order chi connectivity index (χ0) is 12.4. The van der Waals surface area contributed by atoms with Crippen molar-refractivity contribution in [3.63, 3.8) is 0 Å². The zero-order valence-corrected chi connectivity index (χ0v) is 9.92. The summed E-state index contributed by atoms with van der Waals surface area (Å²) in [6.07, 6.45) is 0.794. The second-order valence-electron chi connectivity index (χ2n) is 4.81. The Morgan fingerprint density at radius 3 is 2.88 bits per heavy atom. The van der Waals surface area contributed by atoms with Gasteiger partial charge < -0.3 is 11.1 Å². The van der Waals surface area contributed by atoms with E-state index < -0.39 is 0 Å². The Balaban J connectivity index is 2.31. The van der Waals surface area contributed by atoms with Gasteiger partial charge in [0.05, 0.1) is 0 Å². The van der Waals surface area contributed by atoms with Crippen LogP contribution in [0.15, 0.2) is 18.2 Å². The SMILES string of the molecule is CC1CC(c2cc(F)ccc2F)C(CN)CN1. The number of benzene rings is 1. The van der Waals surface area contributed by atoms with E-state index in [-0.39, 0.29) is 23.5 Å². The van der Waals surface area contributed by atoms with Crippen LogP contribution < -0.4 is 11.1 Å². The molecule has 0 saturated carbocycles. The molecule has 0 aliphatic carbocycles. The van der Waals surface area contributed by atoms with Crippen molar-refractivity contribution < 1.29 is 8.78 Å². The molecule has 1 heterocycles. The molecule has 0 bridgehead atoms. The van der Waals surface area contributed by atoms with Gasteiger partial charge in [0.15, 0.2) is 0 Å². The number of hydrogen-bond donors (Lipinski definition) is 2. The third kappa shape index (κ3) is 2.64. The summed E-state index contributed by atoms with van der Waals surface area (Å²) in [5.74, 6) is -0.540. The summed E-state index contributed by atoms with van der Waals surface area (Å²) >= 11 is 0. The lowest BCUT2D eigenvalue weighted by Gasteiger charge is -2.35. The number of nitrogens with two attached hydrogens (primary N) is 1. The summed E-state index contributed by atoms with van der Waals surface area (Å²) in [7, 11) is 0. The zero-order valence-electron chi connectivity index (χ0n) is 9.92. The van der Waals surface area contributed by atoms with Crippen LogP contribution in [0.3, 0.4) is 0 Å². The molecule has 3 N–H and O–H groups in total. The summed E-state index contributed by atoms with van der Waals surface area (Å²) in [5.41, 5.74) is 6.17. The van der Waals surface area contributed by atoms with E-state index in [0.717, 1.165) is 19.0 Å². The van der Waals surface area contributed by atoms with Gasteiger partial charge >= 0.3 is 0 Å². The molecule has 1 saturated heterocycles. The Morgan fingerprint density at radius 1 is 1.41 bits per heavy atom. The van der Waals surface area contributed by atoms with Gasteiger partial charge in [-0.25, -0.2) is 8.78 Å². The van der Waals surface area contributed by atoms with E-state index in [2.05, 4.69) is 12.2 Å². The first-order valence-corrected chi connectivity index (χ1v) is 6.00. The molecule has 1 aliphatic rings. The molecule has 1 aromatic carbocycles. The molecular formula is C13H18F2N2. The first-order valence-electron chi connectivity index (χ1n) is 6.00. The maximum Gasteiger partial charge on any atom is 0.126 e. The van der Waals surface area contributed by atoms with E-state index in [1.165, 1.54) is 12.1 Å². The Bertz CT molecular complexity index is 395. The molecule has 94 valence electrons. The number of hydrogen-bond acceptors (Lipinski definition) is 2. The minimum absolute atomic E-state index is 0.00644. The molecular weight excluding hydrogens is 222 g/mol. The van der Waals surface area contributed by atoms with Crippen molar-refractivity contribution in [2.24, 2.45) is 11.7 Å². The van der Waals surface area contributed by atoms with Gasteiger partial charge in [-0.2, -0.15) is 0 Å². The van der Waals surface area contributed by atoms with Gasteiger partial charge in [0.25, 0.3) is 0 Å². The maximum absolute atomic E-state index is 13.8. The number of halogens is 2. The average molecular weight is 240 g/mol. The second-order valence-corrected chi connectivity index (χ2v) is 4.81. The van der Waals surface area contributed by atoms with E-state index in [1.54, 1.807) is 0 Å². The Labute approximate surface area is 100 Å². The highest BCUT2D eigenvalue weighted by Gasteiger charge is 2.30. The van der Waals surface area contributed by atoms with E-state index in [1.807, 2.05) is 0 Å². The average Bonchev–Trinajstić information content (AvgIpc) is 2.32. The molecule has 1 fully saturated rings. The quantitative estimate of drug-likeness (QED) is 0.830. The highest BCUT2D eigenvalue weighted by atomic mass is 19.1. The molecule has 0 amide bonds. The third-order valence-electron chi connectivity index (χ3n) is 3.57. The van der Waals surface area contributed by atoms with Gasteiger partial charge in [0.2, 0.25) is 0 Å². The smallest absolute Gasteiger partial charge is 0.126 e.